The van der Waals surface area contributed by atoms with Crippen LogP contribution in [0.3, 0.4) is 0 Å². The fourth-order valence-corrected chi connectivity index (χ4v) is 2.97. The predicted octanol–water partition coefficient (Wildman–Crippen LogP) is 4.16. The first kappa shape index (κ1) is 11.7. The Bertz CT molecular complexity index is 496. The molecular weight excluding hydrogens is 309 g/mol. The molecule has 0 aromatic heterocycles. The molecule has 1 aliphatic rings. The maximum Gasteiger partial charge on any atom is 0.100 e. The van der Waals surface area contributed by atoms with Crippen molar-refractivity contribution in [3.63, 3.8) is 0 Å². The average molecular weight is 323 g/mol. The Morgan fingerprint density at radius 2 is 2.19 bits per heavy atom. The highest BCUT2D eigenvalue weighted by Gasteiger charge is 2.28. The predicted molar refractivity (Wildman–Crippen MR) is 74.2 cm³/mol. The summed E-state index contributed by atoms with van der Waals surface area (Å²) in [5, 5.41) is 8.91. The average Bonchev–Trinajstić information content (AvgIpc) is 2.60. The van der Waals surface area contributed by atoms with E-state index in [9.17, 15) is 0 Å². The first-order valence-corrected chi connectivity index (χ1v) is 6.51. The highest BCUT2D eigenvalue weighted by Crippen LogP contribution is 2.39. The Morgan fingerprint density at radius 3 is 2.69 bits per heavy atom. The Kier molecular flexibility index (Phi) is 3.07. The quantitative estimate of drug-likeness (QED) is 0.562. The van der Waals surface area contributed by atoms with Gasteiger partial charge in [-0.1, -0.05) is 24.6 Å². The largest absolute Gasteiger partial charge is 0.192 e. The van der Waals surface area contributed by atoms with E-state index in [0.717, 1.165) is 9.13 Å². The third-order valence-electron chi connectivity index (χ3n) is 3.35. The van der Waals surface area contributed by atoms with Crippen LogP contribution in [0, 0.1) is 14.9 Å². The minimum Gasteiger partial charge on any atom is -0.192 e. The summed E-state index contributed by atoms with van der Waals surface area (Å²) in [5.41, 5.74) is 3.74. The summed E-state index contributed by atoms with van der Waals surface area (Å²) in [5.74, 6) is 0. The number of halogens is 1. The molecule has 1 aliphatic carbocycles. The first-order valence-electron chi connectivity index (χ1n) is 5.44. The minimum absolute atomic E-state index is 0.165. The van der Waals surface area contributed by atoms with Gasteiger partial charge in [0, 0.05) is 8.99 Å². The Morgan fingerprint density at radius 1 is 1.44 bits per heavy atom. The summed E-state index contributed by atoms with van der Waals surface area (Å²) in [7, 11) is 0. The topological polar surface area (TPSA) is 23.8 Å². The fraction of sp³-hybridized carbons (Fsp3) is 0.357. The molecule has 0 bridgehead atoms. The second-order valence-corrected chi connectivity index (χ2v) is 5.88. The summed E-state index contributed by atoms with van der Waals surface area (Å²) in [6.07, 6.45) is 4.73. The maximum absolute atomic E-state index is 8.91. The van der Waals surface area contributed by atoms with Crippen molar-refractivity contribution >= 4 is 22.6 Å². The molecule has 0 aliphatic heterocycles. The Hall–Kier alpha value is -0.820. The van der Waals surface area contributed by atoms with Crippen LogP contribution >= 0.6 is 22.6 Å². The molecule has 0 saturated carbocycles. The van der Waals surface area contributed by atoms with Gasteiger partial charge in [0.2, 0.25) is 0 Å². The molecule has 1 atom stereocenters. The second kappa shape index (κ2) is 4.21. The van der Waals surface area contributed by atoms with Crippen molar-refractivity contribution in [3.05, 3.63) is 44.5 Å². The van der Waals surface area contributed by atoms with Crippen molar-refractivity contribution < 1.29 is 0 Å². The normalized spacial score (nSPS) is 24.0. The Labute approximate surface area is 110 Å². The van der Waals surface area contributed by atoms with E-state index >= 15 is 0 Å². The van der Waals surface area contributed by atoms with Crippen molar-refractivity contribution in [1.29, 1.82) is 5.26 Å². The monoisotopic (exact) mass is 323 g/mol. The molecule has 0 N–H and O–H groups in total. The van der Waals surface area contributed by atoms with Crippen LogP contribution in [0.25, 0.3) is 0 Å². The first-order chi connectivity index (χ1) is 7.55. The molecule has 0 amide bonds. The van der Waals surface area contributed by atoms with Crippen LogP contribution in [-0.4, -0.2) is 0 Å². The number of nitriles is 1. The van der Waals surface area contributed by atoms with Gasteiger partial charge in [-0.25, -0.2) is 0 Å². The van der Waals surface area contributed by atoms with Gasteiger partial charge < -0.3 is 0 Å². The number of hydrogen-bond acceptors (Lipinski definition) is 1. The lowest BCUT2D eigenvalue weighted by atomic mass is 9.82. The highest BCUT2D eigenvalue weighted by molar-refractivity contribution is 14.1. The van der Waals surface area contributed by atoms with E-state index in [1.165, 1.54) is 24.0 Å². The molecule has 0 heterocycles. The second-order valence-electron chi connectivity index (χ2n) is 4.71. The molecule has 82 valence electrons. The van der Waals surface area contributed by atoms with E-state index in [0.29, 0.717) is 0 Å². The van der Waals surface area contributed by atoms with E-state index in [4.69, 9.17) is 5.26 Å². The molecule has 0 unspecified atom stereocenters. The van der Waals surface area contributed by atoms with Gasteiger partial charge >= 0.3 is 0 Å². The van der Waals surface area contributed by atoms with Crippen molar-refractivity contribution in [2.45, 2.75) is 32.1 Å². The smallest absolute Gasteiger partial charge is 0.100 e. The molecular formula is C14H14IN. The molecule has 2 rings (SSSR count). The maximum atomic E-state index is 8.91. The molecule has 1 nitrogen and oxygen atoms in total. The van der Waals surface area contributed by atoms with E-state index in [1.54, 1.807) is 0 Å². The van der Waals surface area contributed by atoms with Gasteiger partial charge in [-0.2, -0.15) is 5.26 Å². The van der Waals surface area contributed by atoms with Gasteiger partial charge in [-0.15, -0.1) is 0 Å². The number of nitrogens with zero attached hydrogens (tertiary/aromatic N) is 1. The molecule has 0 spiro atoms. The van der Waals surface area contributed by atoms with Crippen molar-refractivity contribution in [1.82, 2.24) is 0 Å². The van der Waals surface area contributed by atoms with Crippen molar-refractivity contribution in [3.8, 4) is 6.07 Å². The van der Waals surface area contributed by atoms with Gasteiger partial charge in [0.1, 0.15) is 6.07 Å². The summed E-state index contributed by atoms with van der Waals surface area (Å²) < 4.78 is 1.05. The van der Waals surface area contributed by atoms with Crippen LogP contribution in [0.1, 0.15) is 37.8 Å². The molecule has 1 aromatic rings. The van der Waals surface area contributed by atoms with Gasteiger partial charge in [-0.3, -0.25) is 0 Å². The number of allylic oxidation sites excluding steroid dienone is 2. The van der Waals surface area contributed by atoms with Crippen LogP contribution in [0.2, 0.25) is 0 Å². The van der Waals surface area contributed by atoms with Crippen LogP contribution in [0.15, 0.2) is 29.8 Å². The zero-order chi connectivity index (χ0) is 11.8. The van der Waals surface area contributed by atoms with E-state index in [2.05, 4.69) is 60.7 Å². The third kappa shape index (κ3) is 2.01. The summed E-state index contributed by atoms with van der Waals surface area (Å²) in [6.45, 7) is 4.47. The van der Waals surface area contributed by atoms with Gasteiger partial charge in [0.15, 0.2) is 0 Å². The lowest BCUT2D eigenvalue weighted by Crippen LogP contribution is -2.15. The lowest BCUT2D eigenvalue weighted by molar-refractivity contribution is 0.578. The van der Waals surface area contributed by atoms with Gasteiger partial charge in [-0.05, 0) is 60.1 Å². The molecule has 0 fully saturated rings. The summed E-state index contributed by atoms with van der Waals surface area (Å²) in [4.78, 5) is 0. The third-order valence-corrected chi connectivity index (χ3v) is 4.25. The standard InChI is InChI=1S/C14H14IN/c1-10-5-6-14(2,8-10)12-4-3-11(9-16)13(15)7-12/h3-4,7-8H,5-6H2,1-2H3/t14-/m1/s1. The molecule has 0 saturated heterocycles. The van der Waals surface area contributed by atoms with E-state index in [-0.39, 0.29) is 5.41 Å². The number of benzene rings is 1. The van der Waals surface area contributed by atoms with Crippen LogP contribution < -0.4 is 0 Å². The van der Waals surface area contributed by atoms with Crippen LogP contribution in [-0.2, 0) is 5.41 Å². The van der Waals surface area contributed by atoms with Crippen LogP contribution in [0.4, 0.5) is 0 Å². The minimum atomic E-state index is 0.165. The lowest BCUT2D eigenvalue weighted by Gasteiger charge is -2.22. The summed E-state index contributed by atoms with van der Waals surface area (Å²) >= 11 is 2.24. The number of hydrogen-bond donors (Lipinski definition) is 0. The number of rotatable bonds is 1. The van der Waals surface area contributed by atoms with Gasteiger partial charge in [0.25, 0.3) is 0 Å². The molecule has 2 heteroatoms. The van der Waals surface area contributed by atoms with E-state index in [1.807, 2.05) is 6.07 Å². The zero-order valence-corrected chi connectivity index (χ0v) is 11.7. The molecule has 1 aromatic carbocycles. The Balaban J connectivity index is 2.43. The van der Waals surface area contributed by atoms with Crippen molar-refractivity contribution in [2.24, 2.45) is 0 Å². The van der Waals surface area contributed by atoms with Crippen LogP contribution in [0.5, 0.6) is 0 Å². The fourth-order valence-electron chi connectivity index (χ4n) is 2.33. The zero-order valence-electron chi connectivity index (χ0n) is 9.55. The summed E-state index contributed by atoms with van der Waals surface area (Å²) in [6, 6.07) is 8.39. The van der Waals surface area contributed by atoms with E-state index < -0.39 is 0 Å². The van der Waals surface area contributed by atoms with Gasteiger partial charge in [0.05, 0.1) is 5.56 Å². The SMILES string of the molecule is CC1=C[C@](C)(c2ccc(C#N)c(I)c2)CC1. The molecule has 16 heavy (non-hydrogen) atoms. The van der Waals surface area contributed by atoms with Crippen molar-refractivity contribution in [2.75, 3.05) is 0 Å². The highest BCUT2D eigenvalue weighted by atomic mass is 127. The molecule has 0 radical (unpaired) electrons.